The quantitative estimate of drug-likeness (QED) is 0.455. The SMILES string of the molecule is Cc1ccc2c(n1)oc1ccc(-c3cc(C(C)C(C)C)ccn3)cc12. The molecule has 3 nitrogen and oxygen atoms in total. The second-order valence-electron chi connectivity index (χ2n) is 7.13. The summed E-state index contributed by atoms with van der Waals surface area (Å²) in [7, 11) is 0. The van der Waals surface area contributed by atoms with E-state index < -0.39 is 0 Å². The van der Waals surface area contributed by atoms with Crippen LogP contribution in [0.2, 0.25) is 0 Å². The van der Waals surface area contributed by atoms with Gasteiger partial charge in [-0.3, -0.25) is 4.98 Å². The predicted molar refractivity (Wildman–Crippen MR) is 103 cm³/mol. The van der Waals surface area contributed by atoms with Crippen molar-refractivity contribution in [2.24, 2.45) is 5.92 Å². The molecule has 126 valence electrons. The van der Waals surface area contributed by atoms with Crippen LogP contribution in [-0.4, -0.2) is 9.97 Å². The predicted octanol–water partition coefficient (Wildman–Crippen LogP) is 6.11. The minimum absolute atomic E-state index is 0.507. The first-order chi connectivity index (χ1) is 12.0. The van der Waals surface area contributed by atoms with E-state index in [1.807, 2.05) is 25.3 Å². The number of benzene rings is 1. The third-order valence-electron chi connectivity index (χ3n) is 5.08. The minimum atomic E-state index is 0.507. The molecule has 1 atom stereocenters. The van der Waals surface area contributed by atoms with Crippen LogP contribution in [0.4, 0.5) is 0 Å². The lowest BCUT2D eigenvalue weighted by Crippen LogP contribution is -2.02. The molecule has 0 saturated heterocycles. The number of furan rings is 1. The van der Waals surface area contributed by atoms with Crippen LogP contribution in [0.25, 0.3) is 33.3 Å². The van der Waals surface area contributed by atoms with Crippen molar-refractivity contribution in [2.45, 2.75) is 33.6 Å². The number of pyridine rings is 2. The highest BCUT2D eigenvalue weighted by Gasteiger charge is 2.13. The molecule has 4 rings (SSSR count). The van der Waals surface area contributed by atoms with Crippen molar-refractivity contribution in [3.05, 3.63) is 59.9 Å². The van der Waals surface area contributed by atoms with Gasteiger partial charge in [-0.1, -0.05) is 20.8 Å². The Morgan fingerprint density at radius 3 is 2.56 bits per heavy atom. The molecule has 3 aromatic heterocycles. The van der Waals surface area contributed by atoms with Gasteiger partial charge in [0.25, 0.3) is 0 Å². The van der Waals surface area contributed by atoms with Gasteiger partial charge >= 0.3 is 0 Å². The summed E-state index contributed by atoms with van der Waals surface area (Å²) in [6.45, 7) is 8.75. The number of aromatic nitrogens is 2. The molecule has 0 radical (unpaired) electrons. The monoisotopic (exact) mass is 330 g/mol. The normalized spacial score (nSPS) is 13.0. The van der Waals surface area contributed by atoms with Crippen LogP contribution in [0.3, 0.4) is 0 Å². The maximum atomic E-state index is 5.89. The fourth-order valence-corrected chi connectivity index (χ4v) is 3.18. The Morgan fingerprint density at radius 1 is 0.920 bits per heavy atom. The minimum Gasteiger partial charge on any atom is -0.438 e. The Hall–Kier alpha value is -2.68. The number of rotatable bonds is 3. The van der Waals surface area contributed by atoms with Crippen LogP contribution in [0, 0.1) is 12.8 Å². The molecule has 0 spiro atoms. The van der Waals surface area contributed by atoms with Gasteiger partial charge in [0, 0.05) is 28.2 Å². The van der Waals surface area contributed by atoms with Gasteiger partial charge in [-0.15, -0.1) is 0 Å². The smallest absolute Gasteiger partial charge is 0.227 e. The van der Waals surface area contributed by atoms with Crippen molar-refractivity contribution in [2.75, 3.05) is 0 Å². The van der Waals surface area contributed by atoms with E-state index in [1.54, 1.807) is 0 Å². The summed E-state index contributed by atoms with van der Waals surface area (Å²) < 4.78 is 5.89. The van der Waals surface area contributed by atoms with Crippen LogP contribution in [0.15, 0.2) is 53.1 Å². The fraction of sp³-hybridized carbons (Fsp3) is 0.273. The van der Waals surface area contributed by atoms with E-state index in [2.05, 4.69) is 61.1 Å². The molecule has 0 saturated carbocycles. The van der Waals surface area contributed by atoms with Crippen molar-refractivity contribution in [3.63, 3.8) is 0 Å². The van der Waals surface area contributed by atoms with Crippen molar-refractivity contribution in [1.82, 2.24) is 9.97 Å². The van der Waals surface area contributed by atoms with Crippen LogP contribution >= 0.6 is 0 Å². The number of hydrogen-bond acceptors (Lipinski definition) is 3. The zero-order valence-corrected chi connectivity index (χ0v) is 15.1. The maximum absolute atomic E-state index is 5.89. The van der Waals surface area contributed by atoms with E-state index >= 15 is 0 Å². The molecule has 0 aliphatic heterocycles. The Balaban J connectivity index is 1.84. The average Bonchev–Trinajstić information content (AvgIpc) is 2.97. The molecule has 0 amide bonds. The maximum Gasteiger partial charge on any atom is 0.227 e. The first kappa shape index (κ1) is 15.8. The molecule has 1 aromatic carbocycles. The lowest BCUT2D eigenvalue weighted by molar-refractivity contribution is 0.535. The van der Waals surface area contributed by atoms with Gasteiger partial charge in [-0.05, 0) is 66.8 Å². The summed E-state index contributed by atoms with van der Waals surface area (Å²) in [4.78, 5) is 9.08. The number of hydrogen-bond donors (Lipinski definition) is 0. The zero-order valence-electron chi connectivity index (χ0n) is 15.1. The third kappa shape index (κ3) is 2.80. The molecular formula is C22H22N2O. The second kappa shape index (κ2) is 5.99. The lowest BCUT2D eigenvalue weighted by atomic mass is 9.90. The Kier molecular flexibility index (Phi) is 3.79. The molecule has 0 bridgehead atoms. The Bertz CT molecular complexity index is 1060. The Labute approximate surface area is 147 Å². The summed E-state index contributed by atoms with van der Waals surface area (Å²) in [5, 5.41) is 2.14. The molecule has 25 heavy (non-hydrogen) atoms. The van der Waals surface area contributed by atoms with Crippen molar-refractivity contribution < 1.29 is 4.42 Å². The molecular weight excluding hydrogens is 308 g/mol. The molecule has 4 aromatic rings. The van der Waals surface area contributed by atoms with Crippen LogP contribution < -0.4 is 0 Å². The molecule has 0 N–H and O–H groups in total. The summed E-state index contributed by atoms with van der Waals surface area (Å²) in [5.41, 5.74) is 5.96. The van der Waals surface area contributed by atoms with Crippen LogP contribution in [-0.2, 0) is 0 Å². The number of nitrogens with zero attached hydrogens (tertiary/aromatic N) is 2. The van der Waals surface area contributed by atoms with Gasteiger partial charge in [0.15, 0.2) is 0 Å². The van der Waals surface area contributed by atoms with E-state index in [1.165, 1.54) is 5.56 Å². The standard InChI is InChI=1S/C22H22N2O/c1-13(2)15(4)16-9-10-23-20(12-16)17-6-8-21-19(11-17)18-7-5-14(3)24-22(18)25-21/h5-13,15H,1-4H3. The third-order valence-corrected chi connectivity index (χ3v) is 5.08. The van der Waals surface area contributed by atoms with E-state index in [0.29, 0.717) is 17.5 Å². The molecule has 0 aliphatic rings. The molecule has 1 unspecified atom stereocenters. The lowest BCUT2D eigenvalue weighted by Gasteiger charge is -2.16. The van der Waals surface area contributed by atoms with E-state index in [4.69, 9.17) is 4.42 Å². The van der Waals surface area contributed by atoms with Crippen LogP contribution in [0.5, 0.6) is 0 Å². The van der Waals surface area contributed by atoms with Crippen molar-refractivity contribution in [3.8, 4) is 11.3 Å². The fourth-order valence-electron chi connectivity index (χ4n) is 3.18. The van der Waals surface area contributed by atoms with Gasteiger partial charge < -0.3 is 4.42 Å². The van der Waals surface area contributed by atoms with Gasteiger partial charge in [0.05, 0.1) is 5.69 Å². The topological polar surface area (TPSA) is 38.9 Å². The van der Waals surface area contributed by atoms with Gasteiger partial charge in [0.2, 0.25) is 5.71 Å². The first-order valence-electron chi connectivity index (χ1n) is 8.79. The summed E-state index contributed by atoms with van der Waals surface area (Å²) >= 11 is 0. The first-order valence-corrected chi connectivity index (χ1v) is 8.79. The number of fused-ring (bicyclic) bond motifs is 3. The summed E-state index contributed by atoms with van der Waals surface area (Å²) in [5.74, 6) is 1.11. The molecule has 3 heteroatoms. The van der Waals surface area contributed by atoms with Gasteiger partial charge in [-0.25, -0.2) is 4.98 Å². The molecule has 0 aliphatic carbocycles. The summed E-state index contributed by atoms with van der Waals surface area (Å²) in [6.07, 6.45) is 1.91. The van der Waals surface area contributed by atoms with Crippen LogP contribution in [0.1, 0.15) is 37.9 Å². The van der Waals surface area contributed by atoms with Crippen molar-refractivity contribution >= 4 is 22.1 Å². The highest BCUT2D eigenvalue weighted by atomic mass is 16.3. The molecule has 0 fully saturated rings. The van der Waals surface area contributed by atoms with Gasteiger partial charge in [-0.2, -0.15) is 0 Å². The zero-order chi connectivity index (χ0) is 17.6. The van der Waals surface area contributed by atoms with E-state index in [0.717, 1.165) is 33.3 Å². The largest absolute Gasteiger partial charge is 0.438 e. The highest BCUT2D eigenvalue weighted by molar-refractivity contribution is 6.04. The van der Waals surface area contributed by atoms with Gasteiger partial charge in [0.1, 0.15) is 5.58 Å². The Morgan fingerprint density at radius 2 is 1.76 bits per heavy atom. The van der Waals surface area contributed by atoms with Crippen molar-refractivity contribution in [1.29, 1.82) is 0 Å². The molecule has 3 heterocycles. The highest BCUT2D eigenvalue weighted by Crippen LogP contribution is 2.32. The number of aryl methyl sites for hydroxylation is 1. The van der Waals surface area contributed by atoms with E-state index in [-0.39, 0.29) is 0 Å². The summed E-state index contributed by atoms with van der Waals surface area (Å²) in [6, 6.07) is 14.7. The average molecular weight is 330 g/mol. The van der Waals surface area contributed by atoms with E-state index in [9.17, 15) is 0 Å². The second-order valence-corrected chi connectivity index (χ2v) is 7.13.